The van der Waals surface area contributed by atoms with E-state index in [1.165, 1.54) is 0 Å². The van der Waals surface area contributed by atoms with E-state index in [1.807, 2.05) is 42.8 Å². The molecule has 0 bridgehead atoms. The fraction of sp³-hybridized carbons (Fsp3) is 0.412. The Labute approximate surface area is 125 Å². The summed E-state index contributed by atoms with van der Waals surface area (Å²) in [5.41, 5.74) is 3.70. The van der Waals surface area contributed by atoms with E-state index in [0.29, 0.717) is 6.42 Å². The summed E-state index contributed by atoms with van der Waals surface area (Å²) in [6.45, 7) is 6.84. The topological polar surface area (TPSA) is 44.1 Å². The lowest BCUT2D eigenvalue weighted by Gasteiger charge is -2.07. The minimum Gasteiger partial charge on any atom is -0.496 e. The maximum absolute atomic E-state index is 12.4. The number of carbonyl (C=O) groups excluding carboxylic acids is 1. The number of carbonyl (C=O) groups is 1. The molecule has 0 N–H and O–H groups in total. The summed E-state index contributed by atoms with van der Waals surface area (Å²) < 4.78 is 7.14. The lowest BCUT2D eigenvalue weighted by molar-refractivity contribution is 0.0990. The zero-order valence-corrected chi connectivity index (χ0v) is 13.1. The van der Waals surface area contributed by atoms with Gasteiger partial charge in [0.2, 0.25) is 0 Å². The van der Waals surface area contributed by atoms with Crippen molar-refractivity contribution in [1.82, 2.24) is 9.78 Å². The minimum atomic E-state index is 0.109. The molecular weight excluding hydrogens is 264 g/mol. The summed E-state index contributed by atoms with van der Waals surface area (Å²) in [5.74, 6) is 0.913. The fourth-order valence-corrected chi connectivity index (χ4v) is 2.42. The second-order valence-corrected chi connectivity index (χ2v) is 5.08. The van der Waals surface area contributed by atoms with Crippen LogP contribution in [0.25, 0.3) is 0 Å². The fourth-order valence-electron chi connectivity index (χ4n) is 2.42. The lowest BCUT2D eigenvalue weighted by atomic mass is 10.0. The molecule has 0 unspecified atom stereocenters. The SMILES string of the molecule is CCc1cc(CC(=O)c2ccc(OC)c(C)c2)n(CC)n1. The van der Waals surface area contributed by atoms with Crippen LogP contribution in [0.4, 0.5) is 0 Å². The number of aryl methyl sites for hydroxylation is 3. The second kappa shape index (κ2) is 6.57. The van der Waals surface area contributed by atoms with Crippen molar-refractivity contribution in [2.45, 2.75) is 40.2 Å². The molecule has 1 aromatic heterocycles. The summed E-state index contributed by atoms with van der Waals surface area (Å²) in [5, 5.41) is 4.48. The van der Waals surface area contributed by atoms with Gasteiger partial charge in [0.15, 0.2) is 5.78 Å². The molecule has 1 heterocycles. The van der Waals surface area contributed by atoms with Gasteiger partial charge in [-0.15, -0.1) is 0 Å². The van der Waals surface area contributed by atoms with Gasteiger partial charge in [-0.1, -0.05) is 6.92 Å². The van der Waals surface area contributed by atoms with Gasteiger partial charge in [-0.05, 0) is 50.1 Å². The van der Waals surface area contributed by atoms with Crippen LogP contribution in [0.1, 0.15) is 41.2 Å². The van der Waals surface area contributed by atoms with Gasteiger partial charge in [-0.3, -0.25) is 9.48 Å². The molecular formula is C17H22N2O2. The molecule has 0 spiro atoms. The van der Waals surface area contributed by atoms with E-state index in [9.17, 15) is 4.79 Å². The molecule has 2 rings (SSSR count). The molecule has 0 fully saturated rings. The molecule has 112 valence electrons. The van der Waals surface area contributed by atoms with Crippen LogP contribution >= 0.6 is 0 Å². The van der Waals surface area contributed by atoms with Gasteiger partial charge in [0.1, 0.15) is 5.75 Å². The molecule has 0 amide bonds. The molecule has 1 aromatic carbocycles. The van der Waals surface area contributed by atoms with Crippen molar-refractivity contribution in [3.63, 3.8) is 0 Å². The Morgan fingerprint density at radius 3 is 2.62 bits per heavy atom. The quantitative estimate of drug-likeness (QED) is 0.766. The molecule has 4 heteroatoms. The van der Waals surface area contributed by atoms with Crippen LogP contribution in [-0.4, -0.2) is 22.7 Å². The highest BCUT2D eigenvalue weighted by Crippen LogP contribution is 2.20. The molecule has 0 aliphatic rings. The highest BCUT2D eigenvalue weighted by molar-refractivity contribution is 5.97. The summed E-state index contributed by atoms with van der Waals surface area (Å²) in [6.07, 6.45) is 1.27. The van der Waals surface area contributed by atoms with Gasteiger partial charge in [-0.25, -0.2) is 0 Å². The third kappa shape index (κ3) is 3.32. The second-order valence-electron chi connectivity index (χ2n) is 5.08. The Bertz CT molecular complexity index is 644. The number of hydrogen-bond donors (Lipinski definition) is 0. The van der Waals surface area contributed by atoms with Crippen molar-refractivity contribution >= 4 is 5.78 Å². The Morgan fingerprint density at radius 2 is 2.05 bits per heavy atom. The Kier molecular flexibility index (Phi) is 4.78. The van der Waals surface area contributed by atoms with E-state index in [2.05, 4.69) is 12.0 Å². The number of benzene rings is 1. The van der Waals surface area contributed by atoms with Crippen LogP contribution in [0.3, 0.4) is 0 Å². The number of ketones is 1. The third-order valence-corrected chi connectivity index (χ3v) is 3.63. The first-order valence-corrected chi connectivity index (χ1v) is 7.32. The number of methoxy groups -OCH3 is 1. The monoisotopic (exact) mass is 286 g/mol. The number of aromatic nitrogens is 2. The van der Waals surface area contributed by atoms with Crippen molar-refractivity contribution in [2.75, 3.05) is 7.11 Å². The molecule has 0 saturated heterocycles. The maximum atomic E-state index is 12.4. The Hall–Kier alpha value is -2.10. The van der Waals surface area contributed by atoms with Crippen molar-refractivity contribution < 1.29 is 9.53 Å². The van der Waals surface area contributed by atoms with Crippen LogP contribution in [0.15, 0.2) is 24.3 Å². The van der Waals surface area contributed by atoms with Crippen molar-refractivity contribution in [3.8, 4) is 5.75 Å². The number of ether oxygens (including phenoxy) is 1. The average molecular weight is 286 g/mol. The van der Waals surface area contributed by atoms with Crippen molar-refractivity contribution in [1.29, 1.82) is 0 Å². The molecule has 0 radical (unpaired) electrons. The van der Waals surface area contributed by atoms with Crippen LogP contribution in [0.5, 0.6) is 5.75 Å². The van der Waals surface area contributed by atoms with Crippen LogP contribution in [0, 0.1) is 6.92 Å². The Morgan fingerprint density at radius 1 is 1.29 bits per heavy atom. The summed E-state index contributed by atoms with van der Waals surface area (Å²) in [6, 6.07) is 7.57. The molecule has 21 heavy (non-hydrogen) atoms. The standard InChI is InChI=1S/C17H22N2O2/c1-5-14-10-15(19(6-2)18-14)11-16(20)13-7-8-17(21-4)12(3)9-13/h7-10H,5-6,11H2,1-4H3. The first-order chi connectivity index (χ1) is 10.1. The van der Waals surface area contributed by atoms with E-state index >= 15 is 0 Å². The van der Waals surface area contributed by atoms with Gasteiger partial charge in [-0.2, -0.15) is 5.10 Å². The number of nitrogens with zero attached hydrogens (tertiary/aromatic N) is 2. The molecule has 2 aromatic rings. The summed E-state index contributed by atoms with van der Waals surface area (Å²) in [4.78, 5) is 12.4. The first kappa shape index (κ1) is 15.3. The largest absolute Gasteiger partial charge is 0.496 e. The van der Waals surface area contributed by atoms with E-state index < -0.39 is 0 Å². The van der Waals surface area contributed by atoms with E-state index in [0.717, 1.165) is 41.2 Å². The minimum absolute atomic E-state index is 0.109. The third-order valence-electron chi connectivity index (χ3n) is 3.63. The molecule has 0 aliphatic carbocycles. The average Bonchev–Trinajstić information content (AvgIpc) is 2.89. The van der Waals surface area contributed by atoms with Gasteiger partial charge in [0.25, 0.3) is 0 Å². The Balaban J connectivity index is 2.21. The van der Waals surface area contributed by atoms with Crippen LogP contribution in [-0.2, 0) is 19.4 Å². The maximum Gasteiger partial charge on any atom is 0.168 e. The van der Waals surface area contributed by atoms with Gasteiger partial charge in [0, 0.05) is 17.8 Å². The van der Waals surface area contributed by atoms with Crippen molar-refractivity contribution in [2.24, 2.45) is 0 Å². The smallest absolute Gasteiger partial charge is 0.168 e. The number of hydrogen-bond acceptors (Lipinski definition) is 3. The predicted molar refractivity (Wildman–Crippen MR) is 83.0 cm³/mol. The molecule has 0 saturated carbocycles. The lowest BCUT2D eigenvalue weighted by Crippen LogP contribution is -2.10. The molecule has 0 aliphatic heterocycles. The van der Waals surface area contributed by atoms with Gasteiger partial charge in [0.05, 0.1) is 19.2 Å². The predicted octanol–water partition coefficient (Wildman–Crippen LogP) is 3.21. The zero-order chi connectivity index (χ0) is 15.4. The number of rotatable bonds is 6. The first-order valence-electron chi connectivity index (χ1n) is 7.32. The highest BCUT2D eigenvalue weighted by atomic mass is 16.5. The van der Waals surface area contributed by atoms with Crippen LogP contribution < -0.4 is 4.74 Å². The summed E-state index contributed by atoms with van der Waals surface area (Å²) >= 11 is 0. The van der Waals surface area contributed by atoms with E-state index in [1.54, 1.807) is 7.11 Å². The highest BCUT2D eigenvalue weighted by Gasteiger charge is 2.13. The van der Waals surface area contributed by atoms with Gasteiger partial charge < -0.3 is 4.74 Å². The normalized spacial score (nSPS) is 10.7. The van der Waals surface area contributed by atoms with E-state index in [-0.39, 0.29) is 5.78 Å². The van der Waals surface area contributed by atoms with Gasteiger partial charge >= 0.3 is 0 Å². The summed E-state index contributed by atoms with van der Waals surface area (Å²) in [7, 11) is 1.63. The number of Topliss-reactive ketones (excluding diaryl/α,β-unsaturated/α-hetero) is 1. The van der Waals surface area contributed by atoms with E-state index in [4.69, 9.17) is 4.74 Å². The van der Waals surface area contributed by atoms with Crippen LogP contribution in [0.2, 0.25) is 0 Å². The zero-order valence-electron chi connectivity index (χ0n) is 13.1. The molecule has 0 atom stereocenters. The van der Waals surface area contributed by atoms with Crippen molar-refractivity contribution in [3.05, 3.63) is 46.8 Å². The molecule has 4 nitrogen and oxygen atoms in total.